The second-order valence-corrected chi connectivity index (χ2v) is 10.0. The fourth-order valence-corrected chi connectivity index (χ4v) is 4.91. The van der Waals surface area contributed by atoms with E-state index in [1.165, 1.54) is 61.1 Å². The highest BCUT2D eigenvalue weighted by Crippen LogP contribution is 2.35. The van der Waals surface area contributed by atoms with Crippen molar-refractivity contribution >= 4 is 49.8 Å². The maximum absolute atomic E-state index is 5.74. The van der Waals surface area contributed by atoms with Crippen molar-refractivity contribution in [2.24, 2.45) is 20.5 Å². The molecular weight excluding hydrogens is 480 g/mol. The number of rotatable bonds is 14. The number of anilines is 1. The molecule has 4 rings (SSSR count). The Labute approximate surface area is 223 Å². The SMILES string of the molecule is CCCCCCCCc1ccc(N=Nc2cc3sc(N=Nc4ccc(N(CC)CC)cc4)nc3o2)cc1. The number of thiazole rings is 1. The second kappa shape index (κ2) is 13.8. The molecule has 194 valence electrons. The fourth-order valence-electron chi connectivity index (χ4n) is 4.17. The maximum atomic E-state index is 5.74. The van der Waals surface area contributed by atoms with Crippen molar-refractivity contribution in [2.45, 2.75) is 65.7 Å². The van der Waals surface area contributed by atoms with Gasteiger partial charge in [0, 0.05) is 24.8 Å². The van der Waals surface area contributed by atoms with Crippen LogP contribution in [0, 0.1) is 0 Å². The number of hydrogen-bond donors (Lipinski definition) is 0. The molecule has 0 fully saturated rings. The van der Waals surface area contributed by atoms with E-state index in [9.17, 15) is 0 Å². The van der Waals surface area contributed by atoms with E-state index in [4.69, 9.17) is 4.42 Å². The van der Waals surface area contributed by atoms with Crippen molar-refractivity contribution in [1.29, 1.82) is 0 Å². The largest absolute Gasteiger partial charge is 0.417 e. The van der Waals surface area contributed by atoms with Crippen molar-refractivity contribution in [3.05, 3.63) is 60.2 Å². The van der Waals surface area contributed by atoms with E-state index in [0.29, 0.717) is 16.7 Å². The van der Waals surface area contributed by atoms with Crippen LogP contribution in [-0.2, 0) is 6.42 Å². The first-order valence-electron chi connectivity index (χ1n) is 13.4. The van der Waals surface area contributed by atoms with Crippen molar-refractivity contribution in [3.8, 4) is 0 Å². The minimum atomic E-state index is 0.431. The normalized spacial score (nSPS) is 11.9. The molecule has 0 bridgehead atoms. The van der Waals surface area contributed by atoms with Gasteiger partial charge >= 0.3 is 0 Å². The zero-order valence-corrected chi connectivity index (χ0v) is 22.9. The molecule has 2 heterocycles. The molecule has 0 aliphatic rings. The lowest BCUT2D eigenvalue weighted by molar-refractivity contribution is 0.607. The van der Waals surface area contributed by atoms with Crippen molar-refractivity contribution < 1.29 is 4.42 Å². The van der Waals surface area contributed by atoms with Crippen LogP contribution in [0.4, 0.5) is 28.1 Å². The van der Waals surface area contributed by atoms with Crippen molar-refractivity contribution in [1.82, 2.24) is 4.98 Å². The number of azo groups is 2. The Kier molecular flexibility index (Phi) is 9.94. The molecule has 0 unspecified atom stereocenters. The molecule has 7 nitrogen and oxygen atoms in total. The molecule has 0 saturated heterocycles. The topological polar surface area (TPSA) is 78.7 Å². The number of nitrogens with zero attached hydrogens (tertiary/aromatic N) is 6. The van der Waals surface area contributed by atoms with Gasteiger partial charge in [-0.15, -0.1) is 20.5 Å². The van der Waals surface area contributed by atoms with Crippen molar-refractivity contribution in [2.75, 3.05) is 18.0 Å². The Hall–Kier alpha value is -3.39. The Balaban J connectivity index is 1.29. The van der Waals surface area contributed by atoms with Crippen LogP contribution in [0.3, 0.4) is 0 Å². The number of unbranched alkanes of at least 4 members (excludes halogenated alkanes) is 5. The molecule has 4 aromatic rings. The standard InChI is InChI=1S/C29H36N6OS/c1-4-7-8-9-10-11-12-22-13-15-23(16-14-22)31-33-27-21-26-28(36-27)30-29(37-26)34-32-24-17-19-25(20-18-24)35(5-2)6-3/h13-21H,4-12H2,1-3H3. The summed E-state index contributed by atoms with van der Waals surface area (Å²) in [5.41, 5.74) is 4.62. The highest BCUT2D eigenvalue weighted by Gasteiger charge is 2.10. The van der Waals surface area contributed by atoms with E-state index in [1.54, 1.807) is 0 Å². The molecule has 8 heteroatoms. The predicted molar refractivity (Wildman–Crippen MR) is 154 cm³/mol. The molecule has 0 saturated carbocycles. The van der Waals surface area contributed by atoms with Crippen LogP contribution >= 0.6 is 11.3 Å². The van der Waals surface area contributed by atoms with Gasteiger partial charge in [0.1, 0.15) is 0 Å². The number of aromatic nitrogens is 1. The van der Waals surface area contributed by atoms with E-state index < -0.39 is 0 Å². The van der Waals surface area contributed by atoms with Gasteiger partial charge in [0.05, 0.1) is 16.1 Å². The quantitative estimate of drug-likeness (QED) is 0.123. The summed E-state index contributed by atoms with van der Waals surface area (Å²) in [5.74, 6) is 0.431. The van der Waals surface area contributed by atoms with Gasteiger partial charge < -0.3 is 9.32 Å². The molecule has 0 radical (unpaired) electrons. The van der Waals surface area contributed by atoms with Crippen molar-refractivity contribution in [3.63, 3.8) is 0 Å². The smallest absolute Gasteiger partial charge is 0.242 e. The molecule has 2 aromatic carbocycles. The molecular formula is C29H36N6OS. The first kappa shape index (κ1) is 26.7. The lowest BCUT2D eigenvalue weighted by Gasteiger charge is -2.20. The highest BCUT2D eigenvalue weighted by molar-refractivity contribution is 7.21. The number of fused-ring (bicyclic) bond motifs is 1. The summed E-state index contributed by atoms with van der Waals surface area (Å²) < 4.78 is 6.61. The highest BCUT2D eigenvalue weighted by atomic mass is 32.1. The van der Waals surface area contributed by atoms with Gasteiger partial charge in [-0.05, 0) is 68.7 Å². The van der Waals surface area contributed by atoms with Gasteiger partial charge in [0.15, 0.2) is 0 Å². The van der Waals surface area contributed by atoms with E-state index >= 15 is 0 Å². The van der Waals surface area contributed by atoms with Gasteiger partial charge in [0.2, 0.25) is 16.7 Å². The third kappa shape index (κ3) is 7.79. The average Bonchev–Trinajstić information content (AvgIpc) is 3.49. The Morgan fingerprint density at radius 1 is 0.757 bits per heavy atom. The first-order chi connectivity index (χ1) is 18.2. The van der Waals surface area contributed by atoms with Crippen LogP contribution in [0.1, 0.15) is 64.9 Å². The maximum Gasteiger partial charge on any atom is 0.242 e. The summed E-state index contributed by atoms with van der Waals surface area (Å²) in [6, 6.07) is 18.2. The van der Waals surface area contributed by atoms with Gasteiger partial charge in [-0.2, -0.15) is 4.98 Å². The summed E-state index contributed by atoms with van der Waals surface area (Å²) in [6.07, 6.45) is 9.00. The molecule has 0 N–H and O–H groups in total. The monoisotopic (exact) mass is 516 g/mol. The van der Waals surface area contributed by atoms with Crippen LogP contribution in [-0.4, -0.2) is 18.1 Å². The van der Waals surface area contributed by atoms with E-state index in [0.717, 1.165) is 35.6 Å². The number of hydrogen-bond acceptors (Lipinski definition) is 8. The average molecular weight is 517 g/mol. The third-order valence-corrected chi connectivity index (χ3v) is 7.18. The molecule has 0 atom stereocenters. The number of benzene rings is 2. The zero-order valence-electron chi connectivity index (χ0n) is 22.1. The van der Waals surface area contributed by atoms with Gasteiger partial charge in [-0.3, -0.25) is 0 Å². The van der Waals surface area contributed by atoms with E-state index in [2.05, 4.69) is 75.4 Å². The molecule has 0 spiro atoms. The molecule has 37 heavy (non-hydrogen) atoms. The summed E-state index contributed by atoms with van der Waals surface area (Å²) in [6.45, 7) is 8.50. The Morgan fingerprint density at radius 2 is 1.41 bits per heavy atom. The minimum absolute atomic E-state index is 0.431. The molecule has 2 aromatic heterocycles. The van der Waals surface area contributed by atoms with E-state index in [1.807, 2.05) is 30.3 Å². The predicted octanol–water partition coefficient (Wildman–Crippen LogP) is 10.5. The van der Waals surface area contributed by atoms with Crippen LogP contribution in [0.2, 0.25) is 0 Å². The fraction of sp³-hybridized carbons (Fsp3) is 0.414. The summed E-state index contributed by atoms with van der Waals surface area (Å²) in [7, 11) is 0. The molecule has 0 amide bonds. The molecule has 0 aliphatic heterocycles. The minimum Gasteiger partial charge on any atom is -0.417 e. The lowest BCUT2D eigenvalue weighted by atomic mass is 10.0. The van der Waals surface area contributed by atoms with Crippen LogP contribution < -0.4 is 4.90 Å². The lowest BCUT2D eigenvalue weighted by Crippen LogP contribution is -2.21. The van der Waals surface area contributed by atoms with Gasteiger partial charge in [-0.1, -0.05) is 62.5 Å². The summed E-state index contributed by atoms with van der Waals surface area (Å²) >= 11 is 1.41. The Bertz CT molecular complexity index is 1250. The first-order valence-corrected chi connectivity index (χ1v) is 14.2. The zero-order chi connectivity index (χ0) is 25.9. The van der Waals surface area contributed by atoms with Gasteiger partial charge in [-0.25, -0.2) is 0 Å². The Morgan fingerprint density at radius 3 is 2.08 bits per heavy atom. The second-order valence-electron chi connectivity index (χ2n) is 9.02. The van der Waals surface area contributed by atoms with Crippen LogP contribution in [0.15, 0.2) is 79.5 Å². The third-order valence-electron chi connectivity index (χ3n) is 6.31. The number of furan rings is 1. The van der Waals surface area contributed by atoms with Gasteiger partial charge in [0.25, 0.3) is 0 Å². The molecule has 0 aliphatic carbocycles. The van der Waals surface area contributed by atoms with Crippen LogP contribution in [0.5, 0.6) is 0 Å². The summed E-state index contributed by atoms with van der Waals surface area (Å²) in [4.78, 5) is 6.71. The van der Waals surface area contributed by atoms with Crippen LogP contribution in [0.25, 0.3) is 10.4 Å². The summed E-state index contributed by atoms with van der Waals surface area (Å²) in [5, 5.41) is 17.7. The van der Waals surface area contributed by atoms with E-state index in [-0.39, 0.29) is 0 Å². The number of aryl methyl sites for hydroxylation is 1.